The topological polar surface area (TPSA) is 104 Å². The first-order chi connectivity index (χ1) is 7.96. The molecular weight excluding hydrogens is 312 g/mol. The van der Waals surface area contributed by atoms with Gasteiger partial charge in [-0.15, -0.1) is 0 Å². The zero-order valence-corrected chi connectivity index (χ0v) is 11.6. The Morgan fingerprint density at radius 2 is 2.24 bits per heavy atom. The van der Waals surface area contributed by atoms with Crippen LogP contribution in [0.25, 0.3) is 0 Å². The lowest BCUT2D eigenvalue weighted by molar-refractivity contribution is 0.584. The van der Waals surface area contributed by atoms with Gasteiger partial charge in [0.1, 0.15) is 10.3 Å². The Hall–Kier alpha value is -0.930. The number of sulfonamides is 1. The molecule has 1 aromatic rings. The van der Waals surface area contributed by atoms with E-state index in [1.807, 2.05) is 0 Å². The normalized spacial score (nSPS) is 11.4. The van der Waals surface area contributed by atoms with Crippen molar-refractivity contribution in [2.75, 3.05) is 24.2 Å². The van der Waals surface area contributed by atoms with E-state index >= 15 is 0 Å². The minimum Gasteiger partial charge on any atom is -0.368 e. The summed E-state index contributed by atoms with van der Waals surface area (Å²) in [5, 5.41) is 2.77. The number of aromatic amines is 1. The first-order valence-electron chi connectivity index (χ1n) is 4.90. The summed E-state index contributed by atoms with van der Waals surface area (Å²) in [4.78, 5) is 17.4. The summed E-state index contributed by atoms with van der Waals surface area (Å²) in [7, 11) is -3.27. The molecule has 0 spiro atoms. The van der Waals surface area contributed by atoms with Crippen LogP contribution < -0.4 is 15.6 Å². The zero-order valence-electron chi connectivity index (χ0n) is 9.16. The molecule has 1 aromatic heterocycles. The molecule has 0 aromatic carbocycles. The van der Waals surface area contributed by atoms with Crippen molar-refractivity contribution in [3.8, 4) is 0 Å². The van der Waals surface area contributed by atoms with Crippen molar-refractivity contribution >= 4 is 31.8 Å². The van der Waals surface area contributed by atoms with Gasteiger partial charge in [0, 0.05) is 13.1 Å². The Balaban J connectivity index is 2.58. The molecule has 7 nitrogen and oxygen atoms in total. The molecule has 96 valence electrons. The molecule has 1 rings (SSSR count). The number of hydrogen-bond donors (Lipinski definition) is 3. The Kier molecular flexibility index (Phi) is 5.09. The van der Waals surface area contributed by atoms with Gasteiger partial charge in [-0.25, -0.2) is 18.1 Å². The maximum Gasteiger partial charge on any atom is 0.267 e. The smallest absolute Gasteiger partial charge is 0.267 e. The molecule has 0 saturated carbocycles. The molecule has 0 atom stereocenters. The molecule has 0 aliphatic heterocycles. The lowest BCUT2D eigenvalue weighted by Gasteiger charge is -2.07. The van der Waals surface area contributed by atoms with Gasteiger partial charge >= 0.3 is 0 Å². The molecule has 9 heteroatoms. The van der Waals surface area contributed by atoms with E-state index in [0.29, 0.717) is 12.4 Å². The number of rotatable bonds is 6. The molecule has 3 N–H and O–H groups in total. The van der Waals surface area contributed by atoms with E-state index in [1.165, 1.54) is 6.33 Å². The molecule has 0 aliphatic carbocycles. The van der Waals surface area contributed by atoms with E-state index in [-0.39, 0.29) is 22.3 Å². The minimum absolute atomic E-state index is 0.0816. The summed E-state index contributed by atoms with van der Waals surface area (Å²) in [6, 6.07) is 0. The van der Waals surface area contributed by atoms with E-state index < -0.39 is 10.0 Å². The number of anilines is 1. The van der Waals surface area contributed by atoms with Gasteiger partial charge in [0.15, 0.2) is 0 Å². The number of hydrogen-bond acceptors (Lipinski definition) is 5. The van der Waals surface area contributed by atoms with Gasteiger partial charge in [-0.1, -0.05) is 6.92 Å². The monoisotopic (exact) mass is 324 g/mol. The maximum atomic E-state index is 11.3. The van der Waals surface area contributed by atoms with Crippen molar-refractivity contribution in [2.45, 2.75) is 6.92 Å². The lowest BCUT2D eigenvalue weighted by atomic mass is 10.5. The van der Waals surface area contributed by atoms with Gasteiger partial charge in [0.05, 0.1) is 12.1 Å². The van der Waals surface area contributed by atoms with Gasteiger partial charge in [0.2, 0.25) is 10.0 Å². The molecule has 0 saturated heterocycles. The van der Waals surface area contributed by atoms with Gasteiger partial charge in [-0.3, -0.25) is 4.79 Å². The second-order valence-corrected chi connectivity index (χ2v) is 5.86. The average molecular weight is 325 g/mol. The molecule has 1 heterocycles. The van der Waals surface area contributed by atoms with E-state index in [1.54, 1.807) is 6.92 Å². The van der Waals surface area contributed by atoms with Crippen LogP contribution in [0.5, 0.6) is 0 Å². The van der Waals surface area contributed by atoms with E-state index in [4.69, 9.17) is 0 Å². The molecule has 0 aliphatic rings. The van der Waals surface area contributed by atoms with Crippen LogP contribution in [-0.2, 0) is 10.0 Å². The van der Waals surface area contributed by atoms with Gasteiger partial charge in [0.25, 0.3) is 5.56 Å². The third-order valence-corrected chi connectivity index (χ3v) is 4.03. The minimum atomic E-state index is -3.27. The van der Waals surface area contributed by atoms with Crippen LogP contribution in [-0.4, -0.2) is 37.2 Å². The summed E-state index contributed by atoms with van der Waals surface area (Å²) < 4.78 is 25.3. The molecule has 0 fully saturated rings. The Labute approximate surface area is 107 Å². The Morgan fingerprint density at radius 1 is 1.53 bits per heavy atom. The largest absolute Gasteiger partial charge is 0.368 e. The third kappa shape index (κ3) is 4.44. The molecular formula is C8H13BrN4O3S. The first-order valence-corrected chi connectivity index (χ1v) is 7.35. The summed E-state index contributed by atoms with van der Waals surface area (Å²) in [5.74, 6) is 0.238. The highest BCUT2D eigenvalue weighted by atomic mass is 79.9. The van der Waals surface area contributed by atoms with Crippen molar-refractivity contribution in [2.24, 2.45) is 0 Å². The van der Waals surface area contributed by atoms with Crippen molar-refractivity contribution in [3.05, 3.63) is 21.2 Å². The highest BCUT2D eigenvalue weighted by Gasteiger charge is 2.09. The number of aromatic nitrogens is 2. The highest BCUT2D eigenvalue weighted by Crippen LogP contribution is 2.12. The fraction of sp³-hybridized carbons (Fsp3) is 0.500. The van der Waals surface area contributed by atoms with Crippen LogP contribution in [0.4, 0.5) is 5.82 Å². The van der Waals surface area contributed by atoms with Crippen molar-refractivity contribution in [1.29, 1.82) is 0 Å². The summed E-state index contributed by atoms with van der Waals surface area (Å²) in [6.07, 6.45) is 1.24. The predicted molar refractivity (Wildman–Crippen MR) is 68.5 cm³/mol. The standard InChI is InChI=1S/C8H13BrN4O3S/c1-2-13-17(15,16)4-3-10-7-6(9)8(14)12-5-11-7/h5,13H,2-4H2,1H3,(H2,10,11,12,14). The van der Waals surface area contributed by atoms with Crippen LogP contribution in [0.15, 0.2) is 15.6 Å². The van der Waals surface area contributed by atoms with Crippen LogP contribution in [0, 0.1) is 0 Å². The number of H-pyrrole nitrogens is 1. The van der Waals surface area contributed by atoms with E-state index in [2.05, 4.69) is 35.9 Å². The highest BCUT2D eigenvalue weighted by molar-refractivity contribution is 9.10. The van der Waals surface area contributed by atoms with Crippen molar-refractivity contribution in [3.63, 3.8) is 0 Å². The predicted octanol–water partition coefficient (Wildman–Crippen LogP) is -0.116. The fourth-order valence-electron chi connectivity index (χ4n) is 1.10. The second kappa shape index (κ2) is 6.12. The maximum absolute atomic E-state index is 11.3. The van der Waals surface area contributed by atoms with Gasteiger partial charge in [-0.2, -0.15) is 0 Å². The third-order valence-electron chi connectivity index (χ3n) is 1.82. The van der Waals surface area contributed by atoms with Crippen LogP contribution in [0.2, 0.25) is 0 Å². The van der Waals surface area contributed by atoms with Crippen LogP contribution in [0.1, 0.15) is 6.92 Å². The second-order valence-electron chi connectivity index (χ2n) is 3.14. The molecule has 0 amide bonds. The Bertz CT molecular complexity index is 528. The van der Waals surface area contributed by atoms with Crippen molar-refractivity contribution in [1.82, 2.24) is 14.7 Å². The quantitative estimate of drug-likeness (QED) is 0.677. The van der Waals surface area contributed by atoms with E-state index in [9.17, 15) is 13.2 Å². The van der Waals surface area contributed by atoms with Crippen molar-refractivity contribution < 1.29 is 8.42 Å². The Morgan fingerprint density at radius 3 is 2.88 bits per heavy atom. The summed E-state index contributed by atoms with van der Waals surface area (Å²) in [6.45, 7) is 2.24. The summed E-state index contributed by atoms with van der Waals surface area (Å²) in [5.41, 5.74) is -0.322. The summed E-state index contributed by atoms with van der Waals surface area (Å²) >= 11 is 3.06. The molecule has 0 unspecified atom stereocenters. The van der Waals surface area contributed by atoms with E-state index in [0.717, 1.165) is 0 Å². The first kappa shape index (κ1) is 14.1. The number of nitrogens with one attached hydrogen (secondary N) is 3. The SMILES string of the molecule is CCNS(=O)(=O)CCNc1nc[nH]c(=O)c1Br. The van der Waals surface area contributed by atoms with Crippen LogP contribution in [0.3, 0.4) is 0 Å². The lowest BCUT2D eigenvalue weighted by Crippen LogP contribution is -2.29. The van der Waals surface area contributed by atoms with Gasteiger partial charge in [-0.05, 0) is 15.9 Å². The van der Waals surface area contributed by atoms with Gasteiger partial charge < -0.3 is 10.3 Å². The molecule has 0 bridgehead atoms. The number of nitrogens with zero attached hydrogens (tertiary/aromatic N) is 1. The molecule has 17 heavy (non-hydrogen) atoms. The average Bonchev–Trinajstić information content (AvgIpc) is 2.24. The fourth-order valence-corrected chi connectivity index (χ4v) is 2.41. The zero-order chi connectivity index (χ0) is 12.9. The molecule has 0 radical (unpaired) electrons. The van der Waals surface area contributed by atoms with Crippen LogP contribution >= 0.6 is 15.9 Å². The number of halogens is 1.